The molecule has 0 bridgehead atoms. The van der Waals surface area contributed by atoms with E-state index in [-0.39, 0.29) is 56.9 Å². The zero-order chi connectivity index (χ0) is 26.2. The summed E-state index contributed by atoms with van der Waals surface area (Å²) in [5.41, 5.74) is 8.35. The number of fused-ring (bicyclic) bond motifs is 5. The van der Waals surface area contributed by atoms with Gasteiger partial charge in [0, 0.05) is 15.4 Å². The summed E-state index contributed by atoms with van der Waals surface area (Å²) in [6, 6.07) is 40.4. The van der Waals surface area contributed by atoms with E-state index in [1.807, 2.05) is 0 Å². The summed E-state index contributed by atoms with van der Waals surface area (Å²) >= 11 is 0. The molecular weight excluding hydrogens is 635 g/mol. The Morgan fingerprint density at radius 3 is 2.07 bits per heavy atom. The third kappa shape index (κ3) is 6.09. The topological polar surface area (TPSA) is 0 Å². The third-order valence-corrected chi connectivity index (χ3v) is 7.82. The molecule has 1 aliphatic carbocycles. The molecule has 203 valence electrons. The van der Waals surface area contributed by atoms with E-state index >= 15 is 0 Å². The van der Waals surface area contributed by atoms with E-state index in [2.05, 4.69) is 142 Å². The molecule has 0 fully saturated rings. The molecule has 0 nitrogen and oxygen atoms in total. The van der Waals surface area contributed by atoms with Crippen LogP contribution in [0.4, 0.5) is 0 Å². The maximum Gasteiger partial charge on any atom is 3.00 e. The van der Waals surface area contributed by atoms with Crippen LogP contribution in [0.25, 0.3) is 49.5 Å². The number of benzene rings is 5. The number of hydrogen-bond donors (Lipinski definition) is 0. The minimum absolute atomic E-state index is 0. The maximum atomic E-state index is 2.48. The first kappa shape index (κ1) is 33.2. The van der Waals surface area contributed by atoms with Crippen LogP contribution < -0.4 is 24.8 Å². The molecule has 0 aliphatic heterocycles. The second-order valence-electron chi connectivity index (χ2n) is 10.6. The van der Waals surface area contributed by atoms with Gasteiger partial charge in [-0.15, -0.1) is 33.7 Å². The second kappa shape index (κ2) is 14.2. The molecule has 0 saturated heterocycles. The Labute approximate surface area is 278 Å². The molecule has 4 heteroatoms. The molecule has 1 atom stereocenters. The number of halogens is 2. The van der Waals surface area contributed by atoms with Crippen molar-refractivity contribution >= 4 is 47.9 Å². The monoisotopic (exact) mass is 665 g/mol. The van der Waals surface area contributed by atoms with Crippen molar-refractivity contribution in [2.75, 3.05) is 0 Å². The predicted octanol–water partition coefficient (Wildman–Crippen LogP) is 4.51. The van der Waals surface area contributed by atoms with E-state index in [4.69, 9.17) is 0 Å². The smallest absolute Gasteiger partial charge is 1.00 e. The van der Waals surface area contributed by atoms with Gasteiger partial charge >= 0.3 is 26.2 Å². The third-order valence-electron chi connectivity index (χ3n) is 7.82. The van der Waals surface area contributed by atoms with E-state index < -0.39 is 0 Å². The predicted molar refractivity (Wildman–Crippen MR) is 169 cm³/mol. The first-order valence-corrected chi connectivity index (χ1v) is 15.6. The largest absolute Gasteiger partial charge is 3.00 e. The average molecular weight is 668 g/mol. The normalized spacial score (nSPS) is 13.5. The van der Waals surface area contributed by atoms with Crippen LogP contribution in [0.2, 0.25) is 13.1 Å². The summed E-state index contributed by atoms with van der Waals surface area (Å²) in [6.07, 6.45) is 2.48. The summed E-state index contributed by atoms with van der Waals surface area (Å²) < 4.78 is 0. The molecule has 1 aliphatic rings. The van der Waals surface area contributed by atoms with Crippen molar-refractivity contribution in [1.29, 1.82) is 0 Å². The summed E-state index contributed by atoms with van der Waals surface area (Å²) in [5, 5.41) is 8.00. The fourth-order valence-corrected chi connectivity index (χ4v) is 6.14. The van der Waals surface area contributed by atoms with Gasteiger partial charge in [-0.2, -0.15) is 0 Å². The van der Waals surface area contributed by atoms with Crippen LogP contribution >= 0.6 is 0 Å². The molecule has 0 spiro atoms. The van der Waals surface area contributed by atoms with Crippen LogP contribution in [0.3, 0.4) is 0 Å². The van der Waals surface area contributed by atoms with Crippen molar-refractivity contribution in [3.05, 3.63) is 131 Å². The molecule has 6 aromatic carbocycles. The standard InChI is InChI=1S/C35H27.C2H6Si.2ClH.Zr/c1-22(2)32-21-34-28(26-18-17-23-9-3-4-10-24(23)19-26)13-7-15-31(34)35(32)30-16-8-14-29-27-12-6-5-11-25(27)20-33(29)30;1-3-2;;;/h3-22,35H,1-2H3;1-2H3;2*1H;/q-1;;;;+3/p-2. The SMILES string of the molecule is CC(C)C1=Cc2c(-c3ccc4ccccc4c3)cccc2C1c1cccc2c1[cH-]c1ccccc12.C[Si]C.[Cl-].[Cl-].[Zr+3]. The zero-order valence-corrected chi connectivity index (χ0v) is 28.9. The summed E-state index contributed by atoms with van der Waals surface area (Å²) in [7, 11) is 1.08. The quantitative estimate of drug-likeness (QED) is 0.193. The average Bonchev–Trinajstić information content (AvgIpc) is 3.52. The van der Waals surface area contributed by atoms with Gasteiger partial charge in [-0.1, -0.05) is 135 Å². The van der Waals surface area contributed by atoms with Gasteiger partial charge in [0.25, 0.3) is 0 Å². The van der Waals surface area contributed by atoms with Crippen molar-refractivity contribution in [2.45, 2.75) is 32.9 Å². The van der Waals surface area contributed by atoms with E-state index in [1.54, 1.807) is 0 Å². The first-order chi connectivity index (χ1) is 18.6. The number of rotatable bonds is 3. The summed E-state index contributed by atoms with van der Waals surface area (Å²) in [4.78, 5) is 0. The minimum Gasteiger partial charge on any atom is -1.00 e. The summed E-state index contributed by atoms with van der Waals surface area (Å²) in [6.45, 7) is 8.98. The van der Waals surface area contributed by atoms with E-state index in [0.29, 0.717) is 5.92 Å². The molecule has 6 aromatic rings. The Balaban J connectivity index is 0.000000740. The molecule has 3 radical (unpaired) electrons. The Morgan fingerprint density at radius 2 is 1.32 bits per heavy atom. The zero-order valence-electron chi connectivity index (χ0n) is 23.9. The minimum atomic E-state index is 0. The van der Waals surface area contributed by atoms with E-state index in [1.165, 1.54) is 65.7 Å². The molecule has 0 amide bonds. The Morgan fingerprint density at radius 1 is 0.683 bits per heavy atom. The van der Waals surface area contributed by atoms with Gasteiger partial charge in [0.2, 0.25) is 0 Å². The first-order valence-electron chi connectivity index (χ1n) is 13.6. The molecule has 41 heavy (non-hydrogen) atoms. The second-order valence-corrected chi connectivity index (χ2v) is 11.6. The fraction of sp³-hybridized carbons (Fsp3) is 0.162. The fourth-order valence-electron chi connectivity index (χ4n) is 6.14. The van der Waals surface area contributed by atoms with Crippen molar-refractivity contribution in [1.82, 2.24) is 0 Å². The van der Waals surface area contributed by atoms with Gasteiger partial charge in [0.05, 0.1) is 0 Å². The van der Waals surface area contributed by atoms with Crippen LogP contribution in [-0.4, -0.2) is 9.52 Å². The molecule has 0 heterocycles. The molecule has 0 aromatic heterocycles. The molecule has 0 saturated carbocycles. The Kier molecular flexibility index (Phi) is 11.5. The van der Waals surface area contributed by atoms with Crippen LogP contribution in [-0.2, 0) is 26.2 Å². The van der Waals surface area contributed by atoms with Gasteiger partial charge in [0.15, 0.2) is 0 Å². The Bertz CT molecular complexity index is 1820. The van der Waals surface area contributed by atoms with E-state index in [0.717, 1.165) is 9.52 Å². The molecule has 1 unspecified atom stereocenters. The maximum absolute atomic E-state index is 2.48. The van der Waals surface area contributed by atoms with Gasteiger partial charge in [-0.25, -0.2) is 0 Å². The van der Waals surface area contributed by atoms with Crippen LogP contribution in [0, 0.1) is 5.92 Å². The van der Waals surface area contributed by atoms with Crippen molar-refractivity contribution in [3.63, 3.8) is 0 Å². The van der Waals surface area contributed by atoms with Crippen LogP contribution in [0.1, 0.15) is 36.5 Å². The summed E-state index contributed by atoms with van der Waals surface area (Å²) in [5.74, 6) is 0.752. The van der Waals surface area contributed by atoms with Gasteiger partial charge < -0.3 is 24.8 Å². The molecular formula is C37H33Cl2SiZr. The van der Waals surface area contributed by atoms with Gasteiger partial charge in [-0.3, -0.25) is 0 Å². The Hall–Kier alpha value is -2.35. The van der Waals surface area contributed by atoms with Crippen molar-refractivity contribution in [2.24, 2.45) is 5.92 Å². The number of hydrogen-bond acceptors (Lipinski definition) is 0. The van der Waals surface area contributed by atoms with E-state index in [9.17, 15) is 0 Å². The number of allylic oxidation sites excluding steroid dienone is 1. The molecule has 7 rings (SSSR count). The van der Waals surface area contributed by atoms with Gasteiger partial charge in [0.1, 0.15) is 0 Å². The van der Waals surface area contributed by atoms with Crippen LogP contribution in [0.5, 0.6) is 0 Å². The van der Waals surface area contributed by atoms with Crippen molar-refractivity contribution in [3.8, 4) is 11.1 Å². The molecule has 0 N–H and O–H groups in total. The van der Waals surface area contributed by atoms with Crippen molar-refractivity contribution < 1.29 is 51.0 Å². The van der Waals surface area contributed by atoms with Gasteiger partial charge in [-0.05, 0) is 45.0 Å². The van der Waals surface area contributed by atoms with Crippen LogP contribution in [0.15, 0.2) is 115 Å².